The van der Waals surface area contributed by atoms with Crippen LogP contribution in [-0.4, -0.2) is 11.8 Å². The summed E-state index contributed by atoms with van der Waals surface area (Å²) in [7, 11) is -6.00. The minimum atomic E-state index is -6.00. The third kappa shape index (κ3) is 4.05. The molecule has 0 saturated carbocycles. The lowest BCUT2D eigenvalue weighted by atomic mass is 10.3. The molecule has 0 atom stereocenters. The van der Waals surface area contributed by atoms with Gasteiger partial charge in [-0.1, -0.05) is 12.1 Å². The molecule has 0 fully saturated rings. The second kappa shape index (κ2) is 5.88. The van der Waals surface area contributed by atoms with Crippen LogP contribution in [-0.2, 0) is 13.1 Å². The van der Waals surface area contributed by atoms with Gasteiger partial charge in [-0.2, -0.15) is 0 Å². The van der Waals surface area contributed by atoms with Crippen molar-refractivity contribution in [3.63, 3.8) is 0 Å². The molecule has 0 saturated heterocycles. The van der Waals surface area contributed by atoms with E-state index in [1.807, 2.05) is 0 Å². The fourth-order valence-electron chi connectivity index (χ4n) is 1.75. The minimum absolute atomic E-state index is 1.04. The van der Waals surface area contributed by atoms with E-state index in [2.05, 4.69) is 53.6 Å². The molecule has 100 valence electrons. The van der Waals surface area contributed by atoms with Crippen LogP contribution in [0.2, 0.25) is 0 Å². The molecule has 2 rings (SSSR count). The monoisotopic (exact) mass is 262 g/mol. The first-order valence-corrected chi connectivity index (χ1v) is 5.71. The maximum Gasteiger partial charge on any atom is 0.673 e. The molecule has 7 heteroatoms. The molecule has 1 aromatic heterocycles. The van der Waals surface area contributed by atoms with Gasteiger partial charge in [-0.25, -0.2) is 9.13 Å². The van der Waals surface area contributed by atoms with Gasteiger partial charge in [0.2, 0.25) is 6.33 Å². The van der Waals surface area contributed by atoms with Gasteiger partial charge in [-0.15, -0.1) is 0 Å². The summed E-state index contributed by atoms with van der Waals surface area (Å²) >= 11 is 0. The van der Waals surface area contributed by atoms with Crippen LogP contribution in [0, 0.1) is 0 Å². The van der Waals surface area contributed by atoms with Crippen LogP contribution in [0.4, 0.5) is 17.3 Å². The molecule has 1 heterocycles. The molecule has 0 aliphatic heterocycles. The summed E-state index contributed by atoms with van der Waals surface area (Å²) in [4.78, 5) is 0. The van der Waals surface area contributed by atoms with E-state index in [1.165, 1.54) is 11.0 Å². The number of fused-ring (bicyclic) bond motifs is 1. The number of rotatable bonds is 2. The molecule has 0 unspecified atom stereocenters. The molecular formula is C11H15BF4N2. The zero-order valence-corrected chi connectivity index (χ0v) is 10.3. The number of hydrogen-bond acceptors (Lipinski definition) is 0. The van der Waals surface area contributed by atoms with E-state index >= 15 is 0 Å². The van der Waals surface area contributed by atoms with Gasteiger partial charge in [0.1, 0.15) is 0 Å². The summed E-state index contributed by atoms with van der Waals surface area (Å²) in [5.41, 5.74) is 2.65. The largest absolute Gasteiger partial charge is 0.673 e. The predicted octanol–water partition coefficient (Wildman–Crippen LogP) is 3.27. The summed E-state index contributed by atoms with van der Waals surface area (Å²) in [6.45, 7) is 6.42. The van der Waals surface area contributed by atoms with Crippen molar-refractivity contribution in [3.8, 4) is 0 Å². The molecule has 0 aliphatic carbocycles. The highest BCUT2D eigenvalue weighted by Crippen LogP contribution is 2.09. The lowest BCUT2D eigenvalue weighted by Crippen LogP contribution is -2.30. The molecule has 0 radical (unpaired) electrons. The highest BCUT2D eigenvalue weighted by atomic mass is 19.5. The van der Waals surface area contributed by atoms with Crippen molar-refractivity contribution in [2.45, 2.75) is 26.9 Å². The number of nitrogens with zero attached hydrogens (tertiary/aromatic N) is 2. The van der Waals surface area contributed by atoms with Crippen molar-refractivity contribution in [2.24, 2.45) is 0 Å². The quantitative estimate of drug-likeness (QED) is 0.446. The average molecular weight is 262 g/mol. The first-order chi connectivity index (χ1) is 8.36. The Morgan fingerprint density at radius 2 is 1.67 bits per heavy atom. The van der Waals surface area contributed by atoms with Crippen LogP contribution in [0.1, 0.15) is 13.8 Å². The topological polar surface area (TPSA) is 8.81 Å². The van der Waals surface area contributed by atoms with Crippen LogP contribution in [0.5, 0.6) is 0 Å². The number of halogens is 4. The minimum Gasteiger partial charge on any atom is -0.418 e. The van der Waals surface area contributed by atoms with Gasteiger partial charge >= 0.3 is 7.25 Å². The third-order valence-electron chi connectivity index (χ3n) is 2.46. The number of imidazole rings is 1. The Morgan fingerprint density at radius 1 is 1.11 bits per heavy atom. The number of para-hydroxylation sites is 2. The Labute approximate surface area is 103 Å². The van der Waals surface area contributed by atoms with Crippen LogP contribution >= 0.6 is 0 Å². The zero-order valence-electron chi connectivity index (χ0n) is 10.3. The highest BCUT2D eigenvalue weighted by molar-refractivity contribution is 6.50. The van der Waals surface area contributed by atoms with Gasteiger partial charge in [0, 0.05) is 0 Å². The van der Waals surface area contributed by atoms with Crippen molar-refractivity contribution in [2.75, 3.05) is 0 Å². The molecule has 0 aliphatic rings. The summed E-state index contributed by atoms with van der Waals surface area (Å²) in [6, 6.07) is 8.53. The van der Waals surface area contributed by atoms with E-state index < -0.39 is 7.25 Å². The van der Waals surface area contributed by atoms with Crippen molar-refractivity contribution >= 4 is 18.3 Å². The Hall–Kier alpha value is -1.53. The lowest BCUT2D eigenvalue weighted by molar-refractivity contribution is -0.668. The van der Waals surface area contributed by atoms with E-state index in [9.17, 15) is 17.3 Å². The first-order valence-electron chi connectivity index (χ1n) is 5.71. The molecule has 2 nitrogen and oxygen atoms in total. The zero-order chi connectivity index (χ0) is 13.8. The van der Waals surface area contributed by atoms with Crippen molar-refractivity contribution in [3.05, 3.63) is 30.6 Å². The van der Waals surface area contributed by atoms with Crippen molar-refractivity contribution < 1.29 is 21.8 Å². The summed E-state index contributed by atoms with van der Waals surface area (Å²) < 4.78 is 43.6. The molecular weight excluding hydrogens is 247 g/mol. The maximum absolute atomic E-state index is 9.75. The molecule has 0 amide bonds. The summed E-state index contributed by atoms with van der Waals surface area (Å²) in [6.07, 6.45) is 2.19. The molecule has 18 heavy (non-hydrogen) atoms. The van der Waals surface area contributed by atoms with Gasteiger partial charge in [0.15, 0.2) is 11.0 Å². The normalized spacial score (nSPS) is 11.2. The van der Waals surface area contributed by atoms with E-state index in [0.717, 1.165) is 13.1 Å². The van der Waals surface area contributed by atoms with Gasteiger partial charge in [0.25, 0.3) is 0 Å². The van der Waals surface area contributed by atoms with Crippen LogP contribution in [0.25, 0.3) is 11.0 Å². The van der Waals surface area contributed by atoms with Crippen molar-refractivity contribution in [1.29, 1.82) is 0 Å². The molecule has 0 spiro atoms. The van der Waals surface area contributed by atoms with Gasteiger partial charge in [0.05, 0.1) is 13.1 Å². The maximum atomic E-state index is 9.75. The number of aromatic nitrogens is 2. The van der Waals surface area contributed by atoms with Crippen molar-refractivity contribution in [1.82, 2.24) is 4.57 Å². The van der Waals surface area contributed by atoms with Crippen LogP contribution in [0.3, 0.4) is 0 Å². The Morgan fingerprint density at radius 3 is 2.17 bits per heavy atom. The third-order valence-corrected chi connectivity index (χ3v) is 2.46. The number of benzene rings is 1. The Bertz CT molecular complexity index is 463. The van der Waals surface area contributed by atoms with Gasteiger partial charge in [-0.3, -0.25) is 0 Å². The summed E-state index contributed by atoms with van der Waals surface area (Å²) in [5, 5.41) is 0. The van der Waals surface area contributed by atoms with E-state index in [0.29, 0.717) is 0 Å². The smallest absolute Gasteiger partial charge is 0.418 e. The SMILES string of the molecule is CCn1c[n+](CC)c2ccccc21.F[B-](F)(F)F. The molecule has 0 N–H and O–H groups in total. The second-order valence-corrected chi connectivity index (χ2v) is 3.67. The predicted molar refractivity (Wildman–Crippen MR) is 63.7 cm³/mol. The number of aryl methyl sites for hydroxylation is 2. The first kappa shape index (κ1) is 14.5. The number of hydrogen-bond donors (Lipinski definition) is 0. The molecule has 2 aromatic rings. The second-order valence-electron chi connectivity index (χ2n) is 3.67. The Kier molecular flexibility index (Phi) is 4.75. The lowest BCUT2D eigenvalue weighted by Gasteiger charge is -1.94. The molecule has 1 aromatic carbocycles. The van der Waals surface area contributed by atoms with Gasteiger partial charge in [-0.05, 0) is 26.0 Å². The Balaban J connectivity index is 0.000000280. The van der Waals surface area contributed by atoms with E-state index in [4.69, 9.17) is 0 Å². The average Bonchev–Trinajstić information content (AvgIpc) is 2.65. The van der Waals surface area contributed by atoms with E-state index in [1.54, 1.807) is 0 Å². The molecule has 0 bridgehead atoms. The highest BCUT2D eigenvalue weighted by Gasteiger charge is 2.20. The fourth-order valence-corrected chi connectivity index (χ4v) is 1.75. The van der Waals surface area contributed by atoms with E-state index in [-0.39, 0.29) is 0 Å². The van der Waals surface area contributed by atoms with Gasteiger partial charge < -0.3 is 17.3 Å². The van der Waals surface area contributed by atoms with Crippen LogP contribution < -0.4 is 4.57 Å². The summed E-state index contributed by atoms with van der Waals surface area (Å²) in [5.74, 6) is 0. The fraction of sp³-hybridized carbons (Fsp3) is 0.364. The standard InChI is InChI=1S/C11H15N2.BF4/c1-3-12-9-13(4-2)11-8-6-5-7-10(11)12;2-1(3,4)5/h5-9H,3-4H2,1-2H3;/q+1;-1. The van der Waals surface area contributed by atoms with Crippen LogP contribution in [0.15, 0.2) is 30.6 Å².